The van der Waals surface area contributed by atoms with Gasteiger partial charge in [0.2, 0.25) is 11.7 Å². The SMILES string of the molecule is CNc1nc2cnc(Nc3cc(OC)c(OC)c(OC)c3)cc2n1C. The standard InChI is InChI=1S/C17H21N5O3/c1-18-17-21-11-9-19-15(8-12(11)22(17)2)20-10-6-13(23-3)16(25-5)14(7-10)24-4/h6-9H,1-5H3,(H,18,21)(H,19,20). The average molecular weight is 343 g/mol. The molecule has 0 saturated heterocycles. The number of pyridine rings is 1. The molecular formula is C17H21N5O3. The Morgan fingerprint density at radius 2 is 1.68 bits per heavy atom. The third-order valence-corrected chi connectivity index (χ3v) is 3.93. The van der Waals surface area contributed by atoms with E-state index in [1.807, 2.05) is 36.9 Å². The van der Waals surface area contributed by atoms with E-state index in [2.05, 4.69) is 20.6 Å². The molecule has 25 heavy (non-hydrogen) atoms. The third-order valence-electron chi connectivity index (χ3n) is 3.93. The lowest BCUT2D eigenvalue weighted by Gasteiger charge is -2.15. The molecule has 0 aliphatic rings. The lowest BCUT2D eigenvalue weighted by atomic mass is 10.2. The monoisotopic (exact) mass is 343 g/mol. The number of hydrogen-bond donors (Lipinski definition) is 2. The highest BCUT2D eigenvalue weighted by atomic mass is 16.5. The van der Waals surface area contributed by atoms with Crippen LogP contribution >= 0.6 is 0 Å². The van der Waals surface area contributed by atoms with E-state index in [4.69, 9.17) is 14.2 Å². The summed E-state index contributed by atoms with van der Waals surface area (Å²) in [6.07, 6.45) is 1.73. The van der Waals surface area contributed by atoms with Gasteiger partial charge in [-0.15, -0.1) is 0 Å². The first-order chi connectivity index (χ1) is 12.1. The van der Waals surface area contributed by atoms with Gasteiger partial charge in [0.15, 0.2) is 11.5 Å². The van der Waals surface area contributed by atoms with Crippen LogP contribution in [0.5, 0.6) is 17.2 Å². The Balaban J connectivity index is 1.99. The van der Waals surface area contributed by atoms with Crippen LogP contribution in [0.2, 0.25) is 0 Å². The highest BCUT2D eigenvalue weighted by molar-refractivity contribution is 5.81. The van der Waals surface area contributed by atoms with E-state index < -0.39 is 0 Å². The molecule has 8 nitrogen and oxygen atoms in total. The fraction of sp³-hybridized carbons (Fsp3) is 0.294. The minimum Gasteiger partial charge on any atom is -0.493 e. The first kappa shape index (κ1) is 16.7. The van der Waals surface area contributed by atoms with Gasteiger partial charge < -0.3 is 29.4 Å². The Bertz CT molecular complexity index is 882. The van der Waals surface area contributed by atoms with Crippen molar-refractivity contribution in [2.45, 2.75) is 0 Å². The van der Waals surface area contributed by atoms with Crippen LogP contribution < -0.4 is 24.8 Å². The van der Waals surface area contributed by atoms with Crippen LogP contribution in [0.25, 0.3) is 11.0 Å². The Morgan fingerprint density at radius 3 is 2.24 bits per heavy atom. The molecule has 2 heterocycles. The van der Waals surface area contributed by atoms with Crippen molar-refractivity contribution in [1.82, 2.24) is 14.5 Å². The second-order valence-corrected chi connectivity index (χ2v) is 5.34. The molecule has 0 spiro atoms. The number of nitrogens with zero attached hydrogens (tertiary/aromatic N) is 3. The summed E-state index contributed by atoms with van der Waals surface area (Å²) in [6.45, 7) is 0. The molecule has 0 radical (unpaired) electrons. The second kappa shape index (κ2) is 6.76. The minimum absolute atomic E-state index is 0.546. The van der Waals surface area contributed by atoms with E-state index in [0.717, 1.165) is 22.7 Å². The summed E-state index contributed by atoms with van der Waals surface area (Å²) in [7, 11) is 8.53. The summed E-state index contributed by atoms with van der Waals surface area (Å²) in [5.74, 6) is 3.16. The fourth-order valence-corrected chi connectivity index (χ4v) is 2.69. The fourth-order valence-electron chi connectivity index (χ4n) is 2.69. The lowest BCUT2D eigenvalue weighted by Crippen LogP contribution is -1.99. The van der Waals surface area contributed by atoms with Crippen LogP contribution in [0.1, 0.15) is 0 Å². The molecule has 3 aromatic rings. The van der Waals surface area contributed by atoms with Crippen LogP contribution in [-0.2, 0) is 7.05 Å². The van der Waals surface area contributed by atoms with Crippen molar-refractivity contribution in [1.29, 1.82) is 0 Å². The molecule has 8 heteroatoms. The predicted octanol–water partition coefficient (Wildman–Crippen LogP) is 2.78. The van der Waals surface area contributed by atoms with Crippen LogP contribution in [0.4, 0.5) is 17.5 Å². The zero-order chi connectivity index (χ0) is 18.0. The molecular weight excluding hydrogens is 322 g/mol. The Labute approximate surface area is 145 Å². The van der Waals surface area contributed by atoms with Crippen molar-refractivity contribution in [2.75, 3.05) is 39.0 Å². The highest BCUT2D eigenvalue weighted by Gasteiger charge is 2.14. The number of hydrogen-bond acceptors (Lipinski definition) is 7. The molecule has 3 rings (SSSR count). The van der Waals surface area contributed by atoms with Crippen molar-refractivity contribution < 1.29 is 14.2 Å². The molecule has 2 aromatic heterocycles. The molecule has 0 bridgehead atoms. The zero-order valence-electron chi connectivity index (χ0n) is 14.9. The summed E-state index contributed by atoms with van der Waals surface area (Å²) in [6, 6.07) is 5.59. The number of aromatic nitrogens is 3. The van der Waals surface area contributed by atoms with Crippen molar-refractivity contribution >= 4 is 28.5 Å². The number of anilines is 3. The van der Waals surface area contributed by atoms with E-state index in [0.29, 0.717) is 23.1 Å². The highest BCUT2D eigenvalue weighted by Crippen LogP contribution is 2.40. The quantitative estimate of drug-likeness (QED) is 0.712. The number of aryl methyl sites for hydroxylation is 1. The van der Waals surface area contributed by atoms with Gasteiger partial charge in [-0.25, -0.2) is 9.97 Å². The maximum absolute atomic E-state index is 5.38. The molecule has 0 unspecified atom stereocenters. The minimum atomic E-state index is 0.546. The maximum Gasteiger partial charge on any atom is 0.203 e. The lowest BCUT2D eigenvalue weighted by molar-refractivity contribution is 0.324. The number of ether oxygens (including phenoxy) is 3. The third kappa shape index (κ3) is 2.98. The van der Waals surface area contributed by atoms with Gasteiger partial charge in [-0.2, -0.15) is 0 Å². The van der Waals surface area contributed by atoms with Gasteiger partial charge in [0.25, 0.3) is 0 Å². The summed E-state index contributed by atoms with van der Waals surface area (Å²) < 4.78 is 18.1. The predicted molar refractivity (Wildman–Crippen MR) is 97.4 cm³/mol. The van der Waals surface area contributed by atoms with Crippen molar-refractivity contribution in [3.05, 3.63) is 24.4 Å². The molecule has 0 atom stereocenters. The topological polar surface area (TPSA) is 82.5 Å². The number of benzene rings is 1. The Hall–Kier alpha value is -3.16. The normalized spacial score (nSPS) is 10.6. The van der Waals surface area contributed by atoms with Crippen LogP contribution in [0.3, 0.4) is 0 Å². The van der Waals surface area contributed by atoms with Crippen LogP contribution in [-0.4, -0.2) is 42.9 Å². The molecule has 2 N–H and O–H groups in total. The molecule has 132 valence electrons. The number of fused-ring (bicyclic) bond motifs is 1. The Morgan fingerprint density at radius 1 is 1.00 bits per heavy atom. The molecule has 0 amide bonds. The summed E-state index contributed by atoms with van der Waals surface area (Å²) >= 11 is 0. The van der Waals surface area contributed by atoms with E-state index in [1.165, 1.54) is 0 Å². The summed E-state index contributed by atoms with van der Waals surface area (Å²) in [5.41, 5.74) is 2.56. The Kier molecular flexibility index (Phi) is 4.51. The first-order valence-corrected chi connectivity index (χ1v) is 7.68. The van der Waals surface area contributed by atoms with Gasteiger partial charge >= 0.3 is 0 Å². The molecule has 0 fully saturated rings. The van der Waals surface area contributed by atoms with Gasteiger partial charge in [-0.3, -0.25) is 0 Å². The number of nitrogens with one attached hydrogen (secondary N) is 2. The number of rotatable bonds is 6. The average Bonchev–Trinajstić information content (AvgIpc) is 2.96. The van der Waals surface area contributed by atoms with E-state index in [-0.39, 0.29) is 0 Å². The van der Waals surface area contributed by atoms with Crippen LogP contribution in [0, 0.1) is 0 Å². The smallest absolute Gasteiger partial charge is 0.203 e. The van der Waals surface area contributed by atoms with E-state index in [1.54, 1.807) is 27.5 Å². The maximum atomic E-state index is 5.38. The molecule has 0 aliphatic carbocycles. The van der Waals surface area contributed by atoms with Crippen molar-refractivity contribution in [3.63, 3.8) is 0 Å². The second-order valence-electron chi connectivity index (χ2n) is 5.34. The van der Waals surface area contributed by atoms with Gasteiger partial charge in [0, 0.05) is 38.0 Å². The zero-order valence-corrected chi connectivity index (χ0v) is 14.9. The van der Waals surface area contributed by atoms with E-state index >= 15 is 0 Å². The first-order valence-electron chi connectivity index (χ1n) is 7.68. The van der Waals surface area contributed by atoms with E-state index in [9.17, 15) is 0 Å². The van der Waals surface area contributed by atoms with Crippen molar-refractivity contribution in [3.8, 4) is 17.2 Å². The molecule has 1 aromatic carbocycles. The largest absolute Gasteiger partial charge is 0.493 e. The number of imidazole rings is 1. The van der Waals surface area contributed by atoms with Gasteiger partial charge in [-0.1, -0.05) is 0 Å². The van der Waals surface area contributed by atoms with Crippen LogP contribution in [0.15, 0.2) is 24.4 Å². The number of methoxy groups -OCH3 is 3. The van der Waals surface area contributed by atoms with Crippen molar-refractivity contribution in [2.24, 2.45) is 7.05 Å². The van der Waals surface area contributed by atoms with Gasteiger partial charge in [0.1, 0.15) is 11.3 Å². The van der Waals surface area contributed by atoms with Gasteiger partial charge in [-0.05, 0) is 0 Å². The summed E-state index contributed by atoms with van der Waals surface area (Å²) in [4.78, 5) is 8.88. The molecule has 0 saturated carbocycles. The van der Waals surface area contributed by atoms with Gasteiger partial charge in [0.05, 0.1) is 33.0 Å². The summed E-state index contributed by atoms with van der Waals surface area (Å²) in [5, 5.41) is 6.32. The molecule has 0 aliphatic heterocycles.